The number of para-hydroxylation sites is 2. The van der Waals surface area contributed by atoms with Crippen molar-refractivity contribution in [2.45, 2.75) is 70.6 Å². The van der Waals surface area contributed by atoms with Crippen molar-refractivity contribution in [2.75, 3.05) is 10.6 Å². The van der Waals surface area contributed by atoms with Crippen molar-refractivity contribution in [2.24, 2.45) is 0 Å². The Hall–Kier alpha value is -3.29. The molecule has 1 fully saturated rings. The summed E-state index contributed by atoms with van der Waals surface area (Å²) >= 11 is 0. The molecule has 35 heavy (non-hydrogen) atoms. The van der Waals surface area contributed by atoms with Crippen molar-refractivity contribution in [1.29, 1.82) is 0 Å². The van der Waals surface area contributed by atoms with E-state index in [1.807, 2.05) is 24.3 Å². The minimum Gasteiger partial charge on any atom is -0.488 e. The number of rotatable bonds is 10. The molecule has 1 aliphatic rings. The lowest BCUT2D eigenvalue weighted by atomic mass is 10.1. The number of alkyl halides is 3. The predicted molar refractivity (Wildman–Crippen MR) is 133 cm³/mol. The van der Waals surface area contributed by atoms with Crippen LogP contribution in [-0.4, -0.2) is 16.1 Å². The summed E-state index contributed by atoms with van der Waals surface area (Å²) in [6.45, 7) is 2.17. The van der Waals surface area contributed by atoms with Gasteiger partial charge in [-0.2, -0.15) is 18.2 Å². The zero-order valence-corrected chi connectivity index (χ0v) is 19.9. The third-order valence-corrected chi connectivity index (χ3v) is 6.11. The summed E-state index contributed by atoms with van der Waals surface area (Å²) in [5.41, 5.74) is 1.43. The van der Waals surface area contributed by atoms with E-state index in [0.717, 1.165) is 44.7 Å². The summed E-state index contributed by atoms with van der Waals surface area (Å²) in [6, 6.07) is 14.8. The van der Waals surface area contributed by atoms with E-state index < -0.39 is 11.7 Å². The number of halogens is 3. The van der Waals surface area contributed by atoms with Gasteiger partial charge in [0, 0.05) is 11.9 Å². The third kappa shape index (κ3) is 6.87. The van der Waals surface area contributed by atoms with Crippen LogP contribution in [0.15, 0.2) is 54.7 Å². The number of hydrogen-bond donors (Lipinski definition) is 2. The molecule has 1 heterocycles. The molecule has 0 unspecified atom stereocenters. The molecular formula is C27H31F3N4O. The van der Waals surface area contributed by atoms with Crippen LogP contribution in [0.1, 0.15) is 63.0 Å². The van der Waals surface area contributed by atoms with Crippen LogP contribution < -0.4 is 15.4 Å². The van der Waals surface area contributed by atoms with Gasteiger partial charge < -0.3 is 15.4 Å². The van der Waals surface area contributed by atoms with Crippen LogP contribution in [0.25, 0.3) is 0 Å². The van der Waals surface area contributed by atoms with Gasteiger partial charge in [0.1, 0.15) is 17.1 Å². The first-order valence-electron chi connectivity index (χ1n) is 12.3. The highest BCUT2D eigenvalue weighted by molar-refractivity contribution is 5.67. The number of hydrogen-bond acceptors (Lipinski definition) is 5. The van der Waals surface area contributed by atoms with Crippen molar-refractivity contribution in [3.05, 3.63) is 65.9 Å². The molecule has 0 aliphatic heterocycles. The van der Waals surface area contributed by atoms with E-state index in [-0.39, 0.29) is 17.9 Å². The standard InChI is InChI=1S/C27H31F3N4O/c1-2-3-4-9-19-14-16-20(17-15-19)32-26-31-18-22(27(28,29)30)25(34-26)33-23-12-7-8-13-24(23)35-21-10-5-6-11-21/h7-8,12-18,21H,2-6,9-11H2,1H3,(H2,31,32,33,34). The number of nitrogens with one attached hydrogen (secondary N) is 2. The maximum Gasteiger partial charge on any atom is 0.421 e. The van der Waals surface area contributed by atoms with E-state index in [2.05, 4.69) is 27.5 Å². The van der Waals surface area contributed by atoms with Crippen LogP contribution in [0.5, 0.6) is 5.75 Å². The fourth-order valence-corrected chi connectivity index (χ4v) is 4.19. The maximum absolute atomic E-state index is 13.7. The van der Waals surface area contributed by atoms with Crippen LogP contribution in [-0.2, 0) is 12.6 Å². The summed E-state index contributed by atoms with van der Waals surface area (Å²) in [7, 11) is 0. The van der Waals surface area contributed by atoms with Gasteiger partial charge in [-0.15, -0.1) is 0 Å². The summed E-state index contributed by atoms with van der Waals surface area (Å²) in [5, 5.41) is 5.87. The van der Waals surface area contributed by atoms with Crippen molar-refractivity contribution >= 4 is 23.1 Å². The second-order valence-electron chi connectivity index (χ2n) is 8.88. The highest BCUT2D eigenvalue weighted by atomic mass is 19.4. The van der Waals surface area contributed by atoms with Crippen LogP contribution in [0.3, 0.4) is 0 Å². The Kier molecular flexibility index (Phi) is 8.10. The van der Waals surface area contributed by atoms with Gasteiger partial charge in [0.15, 0.2) is 0 Å². The SMILES string of the molecule is CCCCCc1ccc(Nc2ncc(C(F)(F)F)c(Nc3ccccc3OC3CCCC3)n2)cc1. The Morgan fingerprint density at radius 3 is 2.43 bits per heavy atom. The maximum atomic E-state index is 13.7. The topological polar surface area (TPSA) is 59.1 Å². The van der Waals surface area contributed by atoms with Crippen LogP contribution in [0.2, 0.25) is 0 Å². The second-order valence-corrected chi connectivity index (χ2v) is 8.88. The van der Waals surface area contributed by atoms with Crippen molar-refractivity contribution in [1.82, 2.24) is 9.97 Å². The molecule has 0 amide bonds. The average molecular weight is 485 g/mol. The Morgan fingerprint density at radius 2 is 1.71 bits per heavy atom. The Balaban J connectivity index is 1.54. The molecule has 0 bridgehead atoms. The largest absolute Gasteiger partial charge is 0.488 e. The number of benzene rings is 2. The number of nitrogens with zero attached hydrogens (tertiary/aromatic N) is 2. The van der Waals surface area contributed by atoms with E-state index in [4.69, 9.17) is 4.74 Å². The number of aromatic nitrogens is 2. The Morgan fingerprint density at radius 1 is 0.971 bits per heavy atom. The van der Waals surface area contributed by atoms with Gasteiger partial charge >= 0.3 is 6.18 Å². The number of unbranched alkanes of at least 4 members (excludes halogenated alkanes) is 2. The number of anilines is 4. The molecule has 0 atom stereocenters. The number of ether oxygens (including phenoxy) is 1. The minimum absolute atomic E-state index is 0.0765. The molecule has 0 radical (unpaired) electrons. The molecule has 2 aromatic carbocycles. The lowest BCUT2D eigenvalue weighted by molar-refractivity contribution is -0.137. The monoisotopic (exact) mass is 484 g/mol. The summed E-state index contributed by atoms with van der Waals surface area (Å²) in [4.78, 5) is 8.09. The predicted octanol–water partition coefficient (Wildman–Crippen LogP) is 8.04. The fraction of sp³-hybridized carbons (Fsp3) is 0.407. The first kappa shape index (κ1) is 24.8. The first-order chi connectivity index (χ1) is 16.9. The molecule has 186 valence electrons. The van der Waals surface area contributed by atoms with Gasteiger partial charge in [-0.3, -0.25) is 0 Å². The van der Waals surface area contributed by atoms with E-state index in [1.54, 1.807) is 24.3 Å². The summed E-state index contributed by atoms with van der Waals surface area (Å²) < 4.78 is 47.3. The smallest absolute Gasteiger partial charge is 0.421 e. The van der Waals surface area contributed by atoms with Crippen molar-refractivity contribution < 1.29 is 17.9 Å². The van der Waals surface area contributed by atoms with E-state index in [9.17, 15) is 13.2 Å². The first-order valence-corrected chi connectivity index (χ1v) is 12.3. The van der Waals surface area contributed by atoms with E-state index in [1.165, 1.54) is 18.4 Å². The summed E-state index contributed by atoms with van der Waals surface area (Å²) in [5.74, 6) is 0.265. The zero-order chi connectivity index (χ0) is 24.7. The van der Waals surface area contributed by atoms with Gasteiger partial charge in [0.25, 0.3) is 0 Å². The van der Waals surface area contributed by atoms with Gasteiger partial charge in [-0.25, -0.2) is 4.98 Å². The molecule has 1 aromatic heterocycles. The molecule has 0 saturated heterocycles. The Labute approximate surface area is 204 Å². The van der Waals surface area contributed by atoms with Gasteiger partial charge in [-0.05, 0) is 68.4 Å². The normalized spacial score (nSPS) is 14.2. The molecule has 1 aliphatic carbocycles. The number of aryl methyl sites for hydroxylation is 1. The van der Waals surface area contributed by atoms with Crippen molar-refractivity contribution in [3.8, 4) is 5.75 Å². The van der Waals surface area contributed by atoms with Gasteiger partial charge in [0.2, 0.25) is 5.95 Å². The lowest BCUT2D eigenvalue weighted by Gasteiger charge is -2.19. The highest BCUT2D eigenvalue weighted by Crippen LogP contribution is 2.38. The van der Waals surface area contributed by atoms with Crippen LogP contribution in [0, 0.1) is 0 Å². The van der Waals surface area contributed by atoms with Gasteiger partial charge in [-0.1, -0.05) is 44.0 Å². The fourth-order valence-electron chi connectivity index (χ4n) is 4.19. The molecular weight excluding hydrogens is 453 g/mol. The zero-order valence-electron chi connectivity index (χ0n) is 19.9. The van der Waals surface area contributed by atoms with Crippen LogP contribution in [0.4, 0.5) is 36.3 Å². The molecule has 2 N–H and O–H groups in total. The second kappa shape index (κ2) is 11.4. The molecule has 3 aromatic rings. The highest BCUT2D eigenvalue weighted by Gasteiger charge is 2.35. The lowest BCUT2D eigenvalue weighted by Crippen LogP contribution is -2.14. The van der Waals surface area contributed by atoms with Crippen LogP contribution >= 0.6 is 0 Å². The molecule has 8 heteroatoms. The Bertz CT molecular complexity index is 1100. The summed E-state index contributed by atoms with van der Waals surface area (Å²) in [6.07, 6.45) is 4.84. The quantitative estimate of drug-likeness (QED) is 0.285. The van der Waals surface area contributed by atoms with E-state index in [0.29, 0.717) is 17.1 Å². The minimum atomic E-state index is -4.61. The molecule has 4 rings (SSSR count). The van der Waals surface area contributed by atoms with E-state index >= 15 is 0 Å². The molecule has 5 nitrogen and oxygen atoms in total. The average Bonchev–Trinajstić information content (AvgIpc) is 3.34. The molecule has 1 saturated carbocycles. The van der Waals surface area contributed by atoms with Crippen molar-refractivity contribution in [3.63, 3.8) is 0 Å². The van der Waals surface area contributed by atoms with Gasteiger partial charge in [0.05, 0.1) is 11.8 Å². The third-order valence-electron chi connectivity index (χ3n) is 6.11. The molecule has 0 spiro atoms.